The van der Waals surface area contributed by atoms with Crippen LogP contribution in [0.4, 0.5) is 0 Å². The van der Waals surface area contributed by atoms with Gasteiger partial charge >= 0.3 is 11.9 Å². The largest absolute Gasteiger partial charge is 0.479 e. The summed E-state index contributed by atoms with van der Waals surface area (Å²) in [4.78, 5) is 23.9. The summed E-state index contributed by atoms with van der Waals surface area (Å²) < 4.78 is 17.9. The van der Waals surface area contributed by atoms with Crippen LogP contribution in [0.3, 0.4) is 0 Å². The summed E-state index contributed by atoms with van der Waals surface area (Å²) in [7, 11) is 1.31. The number of benzene rings is 1. The second-order valence-electron chi connectivity index (χ2n) is 4.72. The van der Waals surface area contributed by atoms with E-state index in [0.717, 1.165) is 19.5 Å². The molecule has 0 aliphatic heterocycles. The van der Waals surface area contributed by atoms with Crippen LogP contribution in [0.2, 0.25) is 5.02 Å². The van der Waals surface area contributed by atoms with Gasteiger partial charge in [0.15, 0.2) is 17.2 Å². The minimum Gasteiger partial charge on any atom is -0.479 e. The van der Waals surface area contributed by atoms with Crippen LogP contribution in [0.5, 0.6) is 5.75 Å². The van der Waals surface area contributed by atoms with E-state index in [0.29, 0.717) is 15.6 Å². The van der Waals surface area contributed by atoms with Gasteiger partial charge in [-0.1, -0.05) is 23.7 Å². The second kappa shape index (κ2) is 6.96. The predicted molar refractivity (Wildman–Crippen MR) is 95.7 cm³/mol. The smallest absolute Gasteiger partial charge is 0.351 e. The van der Waals surface area contributed by atoms with Gasteiger partial charge in [-0.05, 0) is 13.0 Å². The highest BCUT2D eigenvalue weighted by molar-refractivity contribution is 7.34. The van der Waals surface area contributed by atoms with Crippen molar-refractivity contribution in [1.82, 2.24) is 0 Å². The van der Waals surface area contributed by atoms with Crippen molar-refractivity contribution < 1.29 is 23.8 Å². The lowest BCUT2D eigenvalue weighted by Gasteiger charge is -2.06. The van der Waals surface area contributed by atoms with Crippen molar-refractivity contribution in [3.8, 4) is 5.75 Å². The third-order valence-corrected chi connectivity index (χ3v) is 6.23. The molecular weight excluding hydrogens is 372 g/mol. The Hall–Kier alpha value is -1.83. The number of thiophene rings is 2. The summed E-state index contributed by atoms with van der Waals surface area (Å²) in [6.07, 6.45) is 0. The molecule has 0 fully saturated rings. The van der Waals surface area contributed by atoms with Crippen molar-refractivity contribution in [3.05, 3.63) is 28.1 Å². The van der Waals surface area contributed by atoms with Crippen molar-refractivity contribution in [2.75, 3.05) is 20.3 Å². The van der Waals surface area contributed by atoms with Crippen molar-refractivity contribution in [3.63, 3.8) is 0 Å². The van der Waals surface area contributed by atoms with E-state index < -0.39 is 11.9 Å². The van der Waals surface area contributed by atoms with Crippen molar-refractivity contribution in [2.24, 2.45) is 0 Å². The van der Waals surface area contributed by atoms with Crippen LogP contribution >= 0.6 is 34.3 Å². The van der Waals surface area contributed by atoms with Gasteiger partial charge in [0.1, 0.15) is 0 Å². The Morgan fingerprint density at radius 2 is 1.96 bits per heavy atom. The van der Waals surface area contributed by atoms with Gasteiger partial charge in [-0.25, -0.2) is 9.59 Å². The van der Waals surface area contributed by atoms with E-state index in [1.165, 1.54) is 29.8 Å². The molecule has 0 aliphatic carbocycles. The van der Waals surface area contributed by atoms with Crippen LogP contribution in [0.15, 0.2) is 18.2 Å². The molecule has 2 aromatic heterocycles. The van der Waals surface area contributed by atoms with Gasteiger partial charge in [0.05, 0.1) is 32.8 Å². The number of halogens is 1. The quantitative estimate of drug-likeness (QED) is 0.606. The minimum absolute atomic E-state index is 0.267. The molecule has 0 amide bonds. The zero-order chi connectivity index (χ0) is 17.3. The lowest BCUT2D eigenvalue weighted by molar-refractivity contribution is -0.145. The molecule has 3 aromatic rings. The van der Waals surface area contributed by atoms with E-state index in [4.69, 9.17) is 25.8 Å². The summed E-state index contributed by atoms with van der Waals surface area (Å²) in [5, 5.41) is 1.58. The molecule has 0 saturated heterocycles. The van der Waals surface area contributed by atoms with Crippen LogP contribution in [0.1, 0.15) is 16.6 Å². The van der Waals surface area contributed by atoms with E-state index in [1.807, 2.05) is 18.2 Å². The first-order chi connectivity index (χ1) is 11.6. The molecule has 8 heteroatoms. The summed E-state index contributed by atoms with van der Waals surface area (Å²) >= 11 is 8.93. The van der Waals surface area contributed by atoms with E-state index >= 15 is 0 Å². The maximum absolute atomic E-state index is 12.0. The first-order valence-corrected chi connectivity index (χ1v) is 9.08. The number of hydrogen-bond acceptors (Lipinski definition) is 7. The van der Waals surface area contributed by atoms with Gasteiger partial charge in [-0.3, -0.25) is 0 Å². The molecule has 0 spiro atoms. The first kappa shape index (κ1) is 17.0. The SMILES string of the molecule is CCOC(=O)COc1c(C(=O)OC)sc2c1sc1c(Cl)cccc12. The maximum atomic E-state index is 12.0. The lowest BCUT2D eigenvalue weighted by Crippen LogP contribution is -2.15. The Morgan fingerprint density at radius 1 is 1.17 bits per heavy atom. The number of ether oxygens (including phenoxy) is 3. The third-order valence-electron chi connectivity index (χ3n) is 3.25. The van der Waals surface area contributed by atoms with Crippen LogP contribution in [0, 0.1) is 0 Å². The van der Waals surface area contributed by atoms with Crippen LogP contribution in [0.25, 0.3) is 19.5 Å². The predicted octanol–water partition coefficient (Wildman–Crippen LogP) is 4.50. The van der Waals surface area contributed by atoms with Crippen LogP contribution in [-0.4, -0.2) is 32.3 Å². The van der Waals surface area contributed by atoms with Crippen molar-refractivity contribution in [2.45, 2.75) is 6.92 Å². The molecule has 0 bridgehead atoms. The molecule has 1 aromatic carbocycles. The third kappa shape index (κ3) is 2.94. The Morgan fingerprint density at radius 3 is 2.67 bits per heavy atom. The van der Waals surface area contributed by atoms with Crippen molar-refractivity contribution in [1.29, 1.82) is 0 Å². The normalized spacial score (nSPS) is 11.0. The molecule has 2 heterocycles. The molecule has 24 heavy (non-hydrogen) atoms. The van der Waals surface area contributed by atoms with Crippen LogP contribution < -0.4 is 4.74 Å². The Labute approximate surface area is 150 Å². The first-order valence-electron chi connectivity index (χ1n) is 7.07. The molecule has 5 nitrogen and oxygen atoms in total. The standard InChI is InChI=1S/C16H13ClO5S2/c1-3-21-10(18)7-22-11-14-13(24-15(11)16(19)20-2)8-5-4-6-9(17)12(8)23-14/h4-6H,3,7H2,1-2H3. The second-order valence-corrected chi connectivity index (χ2v) is 7.17. The number of methoxy groups -OCH3 is 1. The monoisotopic (exact) mass is 384 g/mol. The molecule has 0 radical (unpaired) electrons. The van der Waals surface area contributed by atoms with Gasteiger partial charge < -0.3 is 14.2 Å². The number of hydrogen-bond donors (Lipinski definition) is 0. The highest BCUT2D eigenvalue weighted by Gasteiger charge is 2.25. The molecule has 0 aliphatic rings. The van der Waals surface area contributed by atoms with E-state index in [-0.39, 0.29) is 13.2 Å². The highest BCUT2D eigenvalue weighted by Crippen LogP contribution is 2.48. The average molecular weight is 385 g/mol. The summed E-state index contributed by atoms with van der Waals surface area (Å²) in [5.74, 6) is -0.656. The van der Waals surface area contributed by atoms with Gasteiger partial charge in [0.2, 0.25) is 0 Å². The Bertz CT molecular complexity index is 927. The fourth-order valence-corrected chi connectivity index (χ4v) is 5.12. The summed E-state index contributed by atoms with van der Waals surface area (Å²) in [5.41, 5.74) is 0. The van der Waals surface area contributed by atoms with Crippen LogP contribution in [-0.2, 0) is 14.3 Å². The zero-order valence-electron chi connectivity index (χ0n) is 12.9. The molecule has 0 unspecified atom stereocenters. The molecule has 3 rings (SSSR count). The zero-order valence-corrected chi connectivity index (χ0v) is 15.3. The number of fused-ring (bicyclic) bond motifs is 3. The van der Waals surface area contributed by atoms with Gasteiger partial charge in [0, 0.05) is 5.39 Å². The fourth-order valence-electron chi connectivity index (χ4n) is 2.26. The molecule has 0 N–H and O–H groups in total. The average Bonchev–Trinajstić information content (AvgIpc) is 3.10. The highest BCUT2D eigenvalue weighted by atomic mass is 35.5. The van der Waals surface area contributed by atoms with E-state index in [1.54, 1.807) is 6.92 Å². The number of carbonyl (C=O) groups excluding carboxylic acids is 2. The molecule has 0 saturated carbocycles. The fraction of sp³-hybridized carbons (Fsp3) is 0.250. The topological polar surface area (TPSA) is 61.8 Å². The Kier molecular flexibility index (Phi) is 4.93. The molecule has 126 valence electrons. The van der Waals surface area contributed by atoms with Crippen molar-refractivity contribution >= 4 is 65.7 Å². The van der Waals surface area contributed by atoms with E-state index in [9.17, 15) is 9.59 Å². The minimum atomic E-state index is -0.502. The summed E-state index contributed by atoms with van der Waals surface area (Å²) in [6.45, 7) is 1.71. The lowest BCUT2D eigenvalue weighted by atomic mass is 10.2. The van der Waals surface area contributed by atoms with Gasteiger partial charge in [-0.15, -0.1) is 22.7 Å². The van der Waals surface area contributed by atoms with Gasteiger partial charge in [0.25, 0.3) is 0 Å². The molecule has 0 atom stereocenters. The number of esters is 2. The number of carbonyl (C=O) groups is 2. The maximum Gasteiger partial charge on any atom is 0.351 e. The molecular formula is C16H13ClO5S2. The summed E-state index contributed by atoms with van der Waals surface area (Å²) in [6, 6.07) is 5.60. The van der Waals surface area contributed by atoms with E-state index in [2.05, 4.69) is 0 Å². The van der Waals surface area contributed by atoms with Gasteiger partial charge in [-0.2, -0.15) is 0 Å². The Balaban J connectivity index is 2.11. The number of rotatable bonds is 5.